The normalized spacial score (nSPS) is 11.9. The van der Waals surface area contributed by atoms with Crippen LogP contribution in [0.3, 0.4) is 0 Å². The number of carbonyl (C=O) groups is 1. The number of ketones is 1. The molecule has 4 nitrogen and oxygen atoms in total. The predicted octanol–water partition coefficient (Wildman–Crippen LogP) is 3.56. The third kappa shape index (κ3) is 3.70. The van der Waals surface area contributed by atoms with Crippen LogP contribution in [0.5, 0.6) is 0 Å². The molecule has 1 aromatic carbocycles. The van der Waals surface area contributed by atoms with Crippen LogP contribution in [0.4, 0.5) is 4.39 Å². The standard InChI is InChI=1S/C19H16FN3O/c20-16-6-3-13(4-7-16)19(24)10-17(21)14-5-8-18(23-12-14)15-2-1-9-22-11-15/h1-9,11-12,17H,10,21H2. The number of halogens is 1. The van der Waals surface area contributed by atoms with Crippen LogP contribution in [-0.2, 0) is 0 Å². The molecule has 0 fully saturated rings. The number of nitrogens with zero attached hydrogens (tertiary/aromatic N) is 2. The molecule has 0 radical (unpaired) electrons. The Labute approximate surface area is 139 Å². The molecule has 120 valence electrons. The number of benzene rings is 1. The van der Waals surface area contributed by atoms with Gasteiger partial charge in [0.15, 0.2) is 5.78 Å². The number of aromatic nitrogens is 2. The molecule has 1 atom stereocenters. The molecule has 0 aliphatic rings. The van der Waals surface area contributed by atoms with E-state index in [0.29, 0.717) is 5.56 Å². The first-order valence-electron chi connectivity index (χ1n) is 7.54. The van der Waals surface area contributed by atoms with E-state index in [-0.39, 0.29) is 18.0 Å². The fourth-order valence-electron chi connectivity index (χ4n) is 2.38. The summed E-state index contributed by atoms with van der Waals surface area (Å²) in [6.07, 6.45) is 5.25. The summed E-state index contributed by atoms with van der Waals surface area (Å²) in [5, 5.41) is 0. The second kappa shape index (κ2) is 7.10. The quantitative estimate of drug-likeness (QED) is 0.730. The number of nitrogens with two attached hydrogens (primary N) is 1. The fraction of sp³-hybridized carbons (Fsp3) is 0.105. The van der Waals surface area contributed by atoms with Crippen LogP contribution in [-0.4, -0.2) is 15.8 Å². The molecule has 0 saturated heterocycles. The van der Waals surface area contributed by atoms with Gasteiger partial charge in [0, 0.05) is 42.2 Å². The minimum absolute atomic E-state index is 0.126. The Hall–Kier alpha value is -2.92. The largest absolute Gasteiger partial charge is 0.324 e. The summed E-state index contributed by atoms with van der Waals surface area (Å²) in [5.74, 6) is -0.495. The highest BCUT2D eigenvalue weighted by Gasteiger charge is 2.14. The number of hydrogen-bond donors (Lipinski definition) is 1. The van der Waals surface area contributed by atoms with Gasteiger partial charge >= 0.3 is 0 Å². The van der Waals surface area contributed by atoms with Gasteiger partial charge in [0.05, 0.1) is 5.69 Å². The smallest absolute Gasteiger partial charge is 0.164 e. The summed E-state index contributed by atoms with van der Waals surface area (Å²) in [4.78, 5) is 20.6. The van der Waals surface area contributed by atoms with Gasteiger partial charge in [0.1, 0.15) is 5.82 Å². The lowest BCUT2D eigenvalue weighted by Gasteiger charge is -2.11. The zero-order valence-electron chi connectivity index (χ0n) is 12.9. The summed E-state index contributed by atoms with van der Waals surface area (Å²) in [7, 11) is 0. The summed E-state index contributed by atoms with van der Waals surface area (Å²) in [6.45, 7) is 0. The van der Waals surface area contributed by atoms with Crippen LogP contribution in [0, 0.1) is 5.82 Å². The Balaban J connectivity index is 1.70. The van der Waals surface area contributed by atoms with E-state index in [1.54, 1.807) is 18.6 Å². The molecule has 3 aromatic rings. The van der Waals surface area contributed by atoms with Crippen molar-refractivity contribution in [1.82, 2.24) is 9.97 Å². The fourth-order valence-corrected chi connectivity index (χ4v) is 2.38. The number of hydrogen-bond acceptors (Lipinski definition) is 4. The van der Waals surface area contributed by atoms with Gasteiger partial charge in [-0.1, -0.05) is 6.07 Å². The van der Waals surface area contributed by atoms with Crippen molar-refractivity contribution in [2.45, 2.75) is 12.5 Å². The van der Waals surface area contributed by atoms with Crippen molar-refractivity contribution in [2.24, 2.45) is 5.73 Å². The molecular formula is C19H16FN3O. The minimum atomic E-state index is -0.460. The first-order valence-corrected chi connectivity index (χ1v) is 7.54. The van der Waals surface area contributed by atoms with E-state index in [0.717, 1.165) is 16.8 Å². The van der Waals surface area contributed by atoms with Crippen LogP contribution in [0.25, 0.3) is 11.3 Å². The van der Waals surface area contributed by atoms with E-state index in [4.69, 9.17) is 5.73 Å². The maximum atomic E-state index is 12.9. The van der Waals surface area contributed by atoms with Crippen LogP contribution in [0.2, 0.25) is 0 Å². The van der Waals surface area contributed by atoms with E-state index < -0.39 is 6.04 Å². The van der Waals surface area contributed by atoms with Crippen LogP contribution in [0.1, 0.15) is 28.4 Å². The highest BCUT2D eigenvalue weighted by Crippen LogP contribution is 2.20. The van der Waals surface area contributed by atoms with Gasteiger partial charge in [-0.15, -0.1) is 0 Å². The maximum Gasteiger partial charge on any atom is 0.164 e. The molecule has 24 heavy (non-hydrogen) atoms. The summed E-state index contributed by atoms with van der Waals surface area (Å²) in [6, 6.07) is 12.5. The van der Waals surface area contributed by atoms with E-state index in [1.807, 2.05) is 24.3 Å². The third-order valence-electron chi connectivity index (χ3n) is 3.74. The zero-order chi connectivity index (χ0) is 16.9. The van der Waals surface area contributed by atoms with Gasteiger partial charge in [-0.25, -0.2) is 4.39 Å². The minimum Gasteiger partial charge on any atom is -0.324 e. The Morgan fingerprint density at radius 3 is 2.50 bits per heavy atom. The molecule has 3 rings (SSSR count). The molecule has 1 unspecified atom stereocenters. The van der Waals surface area contributed by atoms with Crippen molar-refractivity contribution >= 4 is 5.78 Å². The van der Waals surface area contributed by atoms with Crippen LogP contribution in [0.15, 0.2) is 67.1 Å². The SMILES string of the molecule is NC(CC(=O)c1ccc(F)cc1)c1ccc(-c2cccnc2)nc1. The lowest BCUT2D eigenvalue weighted by Crippen LogP contribution is -2.16. The van der Waals surface area contributed by atoms with E-state index in [1.165, 1.54) is 24.3 Å². The topological polar surface area (TPSA) is 68.9 Å². The Morgan fingerprint density at radius 2 is 1.88 bits per heavy atom. The predicted molar refractivity (Wildman–Crippen MR) is 89.7 cm³/mol. The zero-order valence-corrected chi connectivity index (χ0v) is 12.9. The van der Waals surface area contributed by atoms with Gasteiger partial charge in [0.25, 0.3) is 0 Å². The van der Waals surface area contributed by atoms with Crippen LogP contribution >= 0.6 is 0 Å². The van der Waals surface area contributed by atoms with Gasteiger partial charge in [-0.2, -0.15) is 0 Å². The number of pyridine rings is 2. The van der Waals surface area contributed by atoms with Gasteiger partial charge in [-0.3, -0.25) is 14.8 Å². The van der Waals surface area contributed by atoms with Crippen molar-refractivity contribution in [3.8, 4) is 11.3 Å². The van der Waals surface area contributed by atoms with Crippen molar-refractivity contribution < 1.29 is 9.18 Å². The number of carbonyl (C=O) groups excluding carboxylic acids is 1. The Morgan fingerprint density at radius 1 is 1.08 bits per heavy atom. The van der Waals surface area contributed by atoms with E-state index in [9.17, 15) is 9.18 Å². The lowest BCUT2D eigenvalue weighted by atomic mass is 9.99. The molecule has 2 aromatic heterocycles. The van der Waals surface area contributed by atoms with E-state index in [2.05, 4.69) is 9.97 Å². The lowest BCUT2D eigenvalue weighted by molar-refractivity contribution is 0.0974. The second-order valence-electron chi connectivity index (χ2n) is 5.46. The van der Waals surface area contributed by atoms with Crippen molar-refractivity contribution in [3.63, 3.8) is 0 Å². The summed E-state index contributed by atoms with van der Waals surface area (Å²) in [5.41, 5.74) is 9.04. The molecule has 2 heterocycles. The number of Topliss-reactive ketones (excluding diaryl/α,β-unsaturated/α-hetero) is 1. The molecule has 5 heteroatoms. The van der Waals surface area contributed by atoms with Crippen LogP contribution < -0.4 is 5.73 Å². The van der Waals surface area contributed by atoms with Gasteiger partial charge in [0.2, 0.25) is 0 Å². The molecule has 0 bridgehead atoms. The molecule has 0 spiro atoms. The number of rotatable bonds is 5. The maximum absolute atomic E-state index is 12.9. The van der Waals surface area contributed by atoms with Crippen molar-refractivity contribution in [2.75, 3.05) is 0 Å². The average molecular weight is 321 g/mol. The Kier molecular flexibility index (Phi) is 4.72. The third-order valence-corrected chi connectivity index (χ3v) is 3.74. The second-order valence-corrected chi connectivity index (χ2v) is 5.46. The molecule has 0 aliphatic heterocycles. The van der Waals surface area contributed by atoms with E-state index >= 15 is 0 Å². The highest BCUT2D eigenvalue weighted by molar-refractivity contribution is 5.96. The summed E-state index contributed by atoms with van der Waals surface area (Å²) < 4.78 is 12.9. The molecule has 0 saturated carbocycles. The highest BCUT2D eigenvalue weighted by atomic mass is 19.1. The molecule has 0 aliphatic carbocycles. The summed E-state index contributed by atoms with van der Waals surface area (Å²) >= 11 is 0. The van der Waals surface area contributed by atoms with Crippen molar-refractivity contribution in [1.29, 1.82) is 0 Å². The van der Waals surface area contributed by atoms with Gasteiger partial charge in [-0.05, 0) is 48.0 Å². The molecule has 0 amide bonds. The first-order chi connectivity index (χ1) is 11.6. The van der Waals surface area contributed by atoms with Gasteiger partial charge < -0.3 is 5.73 Å². The molecule has 2 N–H and O–H groups in total. The average Bonchev–Trinajstić information content (AvgIpc) is 2.63. The monoisotopic (exact) mass is 321 g/mol. The first kappa shape index (κ1) is 16.0. The van der Waals surface area contributed by atoms with Crippen molar-refractivity contribution in [3.05, 3.63) is 84.1 Å². The Bertz CT molecular complexity index is 817. The molecular weight excluding hydrogens is 305 g/mol.